The fourth-order valence-corrected chi connectivity index (χ4v) is 6.94. The number of allylic oxidation sites excluding steroid dienone is 1. The van der Waals surface area contributed by atoms with Crippen molar-refractivity contribution in [3.05, 3.63) is 36.7 Å². The molecular formula is C25H33N7O19P2. The first-order valence-corrected chi connectivity index (χ1v) is 17.7. The molecule has 2 unspecified atom stereocenters. The van der Waals surface area contributed by atoms with Crippen molar-refractivity contribution in [1.29, 1.82) is 0 Å². The lowest BCUT2D eigenvalue weighted by atomic mass is 10.1. The summed E-state index contributed by atoms with van der Waals surface area (Å²) >= 11 is 0. The summed E-state index contributed by atoms with van der Waals surface area (Å²) in [5, 5.41) is 49.5. The van der Waals surface area contributed by atoms with Gasteiger partial charge in [-0.25, -0.2) is 33.7 Å². The zero-order chi connectivity index (χ0) is 39.2. The van der Waals surface area contributed by atoms with E-state index in [1.54, 1.807) is 6.08 Å². The SMILES string of the molecule is NC(=O)C1=CN([C@@H]2O[C@H](COP(=O)(O)OP(=O)(O)OC[C@H]3O[C@@H](n4cnc5c(N)ncnc54)[C@H](O)[C@@H]3O)[C@@H](O)[C@H]2O)C=CC1.O=CC(=O)OCC(=O)O. The van der Waals surface area contributed by atoms with Gasteiger partial charge >= 0.3 is 27.6 Å². The molecule has 5 rings (SSSR count). The number of carbonyl (C=O) groups is 4. The second kappa shape index (κ2) is 17.3. The van der Waals surface area contributed by atoms with Crippen molar-refractivity contribution in [3.63, 3.8) is 0 Å². The lowest BCUT2D eigenvalue weighted by Gasteiger charge is -2.28. The molecule has 2 aromatic rings. The van der Waals surface area contributed by atoms with Crippen LogP contribution >= 0.6 is 15.6 Å². The third-order valence-electron chi connectivity index (χ3n) is 7.31. The fraction of sp³-hybridized carbons (Fsp3) is 0.480. The number of hydrogen-bond donors (Lipinski definition) is 9. The molecule has 11 N–H and O–H groups in total. The maximum Gasteiger partial charge on any atom is 0.481 e. The van der Waals surface area contributed by atoms with Gasteiger partial charge in [-0.05, 0) is 6.42 Å². The first kappa shape index (κ1) is 41.5. The van der Waals surface area contributed by atoms with Gasteiger partial charge in [-0.15, -0.1) is 0 Å². The minimum atomic E-state index is -5.37. The average Bonchev–Trinajstić information content (AvgIpc) is 3.75. The smallest absolute Gasteiger partial charge is 0.479 e. The molecule has 2 aromatic heterocycles. The Hall–Kier alpha value is -4.27. The number of nitrogens with zero attached hydrogens (tertiary/aromatic N) is 5. The minimum Gasteiger partial charge on any atom is -0.479 e. The maximum absolute atomic E-state index is 12.4. The molecule has 53 heavy (non-hydrogen) atoms. The Morgan fingerprint density at radius 1 is 0.943 bits per heavy atom. The molecule has 3 aliphatic rings. The monoisotopic (exact) mass is 797 g/mol. The Morgan fingerprint density at radius 2 is 1.53 bits per heavy atom. The summed E-state index contributed by atoms with van der Waals surface area (Å²) in [6, 6.07) is 0. The molecule has 292 valence electrons. The van der Waals surface area contributed by atoms with Gasteiger partial charge in [-0.2, -0.15) is 4.31 Å². The van der Waals surface area contributed by atoms with E-state index in [9.17, 15) is 58.5 Å². The third-order valence-corrected chi connectivity index (χ3v) is 9.91. The number of aromatic nitrogens is 4. The lowest BCUT2D eigenvalue weighted by molar-refractivity contribution is -0.156. The zero-order valence-corrected chi connectivity index (χ0v) is 28.5. The van der Waals surface area contributed by atoms with Gasteiger partial charge in [0.1, 0.15) is 48.5 Å². The number of anilines is 1. The first-order valence-electron chi connectivity index (χ1n) is 14.7. The van der Waals surface area contributed by atoms with E-state index in [-0.39, 0.29) is 35.3 Å². The average molecular weight is 798 g/mol. The number of carbonyl (C=O) groups excluding carboxylic acids is 3. The standard InChI is InChI=1S/C21H29N7O14P2.C4H4O5/c22-17-12-19(25-7-24-17)28(8-26-12)21-16(32)14(30)11(41-21)6-39-44(36,37)42-43(34,35)38-5-10-13(29)15(31)20(40-10)27-3-1-2-9(4-27)18(23)33;5-1-4(8)9-2-3(6)7/h1,3-4,7-8,10-11,13-16,20-21,29-32H,2,5-6H2,(H2,23,33)(H,34,35)(H,36,37)(H2,22,24,25);1H,2H2,(H,6,7)/t10-,11-,13-,14-,15-,16-,20-,21-;/m1./s1. The maximum atomic E-state index is 12.4. The van der Waals surface area contributed by atoms with E-state index < -0.39 is 102 Å². The Bertz CT molecular complexity index is 1840. The second-order valence-electron chi connectivity index (χ2n) is 11.0. The van der Waals surface area contributed by atoms with Crippen LogP contribution in [-0.4, -0.2) is 147 Å². The highest BCUT2D eigenvalue weighted by molar-refractivity contribution is 7.61. The van der Waals surface area contributed by atoms with E-state index >= 15 is 0 Å². The summed E-state index contributed by atoms with van der Waals surface area (Å²) in [6.45, 7) is -2.55. The summed E-state index contributed by atoms with van der Waals surface area (Å²) < 4.78 is 54.7. The van der Waals surface area contributed by atoms with Gasteiger partial charge in [-0.1, -0.05) is 6.08 Å². The van der Waals surface area contributed by atoms with Gasteiger partial charge in [0, 0.05) is 18.0 Å². The quantitative estimate of drug-likeness (QED) is 0.0382. The van der Waals surface area contributed by atoms with E-state index in [1.165, 1.54) is 28.2 Å². The largest absolute Gasteiger partial charge is 0.481 e. The van der Waals surface area contributed by atoms with Crippen LogP contribution in [0.25, 0.3) is 11.2 Å². The molecule has 0 aromatic carbocycles. The molecule has 0 aliphatic carbocycles. The van der Waals surface area contributed by atoms with E-state index in [0.29, 0.717) is 0 Å². The number of aliphatic hydroxyl groups excluding tert-OH is 4. The van der Waals surface area contributed by atoms with Crippen LogP contribution in [0.2, 0.25) is 0 Å². The number of aliphatic carboxylic acids is 1. The number of fused-ring (bicyclic) bond motifs is 1. The van der Waals surface area contributed by atoms with Crippen molar-refractivity contribution in [2.75, 3.05) is 25.6 Å². The highest BCUT2D eigenvalue weighted by Crippen LogP contribution is 2.60. The molecule has 10 atom stereocenters. The van der Waals surface area contributed by atoms with Crippen LogP contribution in [0.1, 0.15) is 12.6 Å². The molecule has 28 heteroatoms. The van der Waals surface area contributed by atoms with Gasteiger partial charge in [0.25, 0.3) is 0 Å². The summed E-state index contributed by atoms with van der Waals surface area (Å²) in [5.74, 6) is -3.11. The molecule has 1 amide bonds. The number of amides is 1. The van der Waals surface area contributed by atoms with E-state index in [4.69, 9.17) is 35.1 Å². The van der Waals surface area contributed by atoms with Crippen LogP contribution in [-0.2, 0) is 55.9 Å². The van der Waals surface area contributed by atoms with Crippen LogP contribution < -0.4 is 11.5 Å². The summed E-state index contributed by atoms with van der Waals surface area (Å²) in [6.07, 6.45) is -4.97. The number of rotatable bonds is 14. The predicted molar refractivity (Wildman–Crippen MR) is 167 cm³/mol. The molecule has 2 fully saturated rings. The van der Waals surface area contributed by atoms with Crippen molar-refractivity contribution in [2.24, 2.45) is 5.73 Å². The number of aldehydes is 1. The number of aliphatic hydroxyl groups is 4. The lowest BCUT2D eigenvalue weighted by Crippen LogP contribution is -2.40. The fourth-order valence-electron chi connectivity index (χ4n) is 4.85. The van der Waals surface area contributed by atoms with Crippen molar-refractivity contribution >= 4 is 56.8 Å². The number of imidazole rings is 1. The second-order valence-corrected chi connectivity index (χ2v) is 14.0. The number of primary amides is 1. The Morgan fingerprint density at radius 3 is 2.09 bits per heavy atom. The number of esters is 1. The number of ether oxygens (including phenoxy) is 3. The number of carboxylic acids is 1. The van der Waals surface area contributed by atoms with E-state index in [2.05, 4.69) is 24.0 Å². The van der Waals surface area contributed by atoms with E-state index in [0.717, 1.165) is 6.33 Å². The number of carboxylic acid groups (broad SMARTS) is 1. The van der Waals surface area contributed by atoms with Gasteiger partial charge in [0.05, 0.1) is 19.5 Å². The van der Waals surface area contributed by atoms with Gasteiger partial charge in [-0.3, -0.25) is 23.2 Å². The van der Waals surface area contributed by atoms with Crippen molar-refractivity contribution < 1.29 is 91.2 Å². The number of nitrogens with two attached hydrogens (primary N) is 2. The van der Waals surface area contributed by atoms with Crippen molar-refractivity contribution in [3.8, 4) is 0 Å². The third kappa shape index (κ3) is 10.5. The summed E-state index contributed by atoms with van der Waals surface area (Å²) in [4.78, 5) is 73.6. The van der Waals surface area contributed by atoms with Gasteiger partial charge in [0.15, 0.2) is 30.5 Å². The van der Waals surface area contributed by atoms with Crippen LogP contribution in [0.3, 0.4) is 0 Å². The molecule has 5 heterocycles. The molecule has 26 nitrogen and oxygen atoms in total. The summed E-state index contributed by atoms with van der Waals surface area (Å²) in [7, 11) is -10.7. The van der Waals surface area contributed by atoms with Gasteiger partial charge < -0.3 is 65.9 Å². The van der Waals surface area contributed by atoms with Crippen LogP contribution in [0, 0.1) is 0 Å². The Labute approximate surface area is 296 Å². The van der Waals surface area contributed by atoms with Crippen molar-refractivity contribution in [2.45, 2.75) is 55.5 Å². The Kier molecular flexibility index (Phi) is 13.5. The van der Waals surface area contributed by atoms with Crippen LogP contribution in [0.5, 0.6) is 0 Å². The molecule has 0 bridgehead atoms. The van der Waals surface area contributed by atoms with E-state index in [1.807, 2.05) is 0 Å². The molecule has 3 aliphatic heterocycles. The highest BCUT2D eigenvalue weighted by atomic mass is 31.3. The minimum absolute atomic E-state index is 0.0517. The predicted octanol–water partition coefficient (Wildman–Crippen LogP) is -3.87. The number of phosphoric ester groups is 2. The number of nitrogen functional groups attached to an aromatic ring is 1. The highest BCUT2D eigenvalue weighted by Gasteiger charge is 2.48. The molecule has 0 radical (unpaired) electrons. The first-order chi connectivity index (χ1) is 24.8. The van der Waals surface area contributed by atoms with Crippen molar-refractivity contribution in [1.82, 2.24) is 24.4 Å². The van der Waals surface area contributed by atoms with Crippen LogP contribution in [0.15, 0.2) is 36.7 Å². The zero-order valence-electron chi connectivity index (χ0n) is 26.7. The van der Waals surface area contributed by atoms with Crippen LogP contribution in [0.4, 0.5) is 5.82 Å². The topological polar surface area (TPSA) is 398 Å². The molecular weight excluding hydrogens is 764 g/mol. The normalized spacial score (nSPS) is 29.0. The number of hydrogen-bond acceptors (Lipinski definition) is 21. The molecule has 2 saturated heterocycles. The Balaban J connectivity index is 0.000000618. The number of phosphoric acid groups is 2. The molecule has 0 spiro atoms. The molecule has 0 saturated carbocycles. The van der Waals surface area contributed by atoms with Gasteiger partial charge in [0.2, 0.25) is 12.2 Å². The summed E-state index contributed by atoms with van der Waals surface area (Å²) in [5.41, 5.74) is 11.6.